The van der Waals surface area contributed by atoms with E-state index in [0.717, 1.165) is 6.20 Å². The Morgan fingerprint density at radius 1 is 1.00 bits per heavy atom. The van der Waals surface area contributed by atoms with Crippen LogP contribution in [0.25, 0.3) is 0 Å². The number of nitrogen functional groups attached to an aromatic ring is 1. The van der Waals surface area contributed by atoms with Crippen molar-refractivity contribution in [1.82, 2.24) is 20.7 Å². The Hall–Kier alpha value is -4.25. The average Bonchev–Trinajstić information content (AvgIpc) is 2.80. The topological polar surface area (TPSA) is 143 Å². The molecule has 2 heterocycles. The van der Waals surface area contributed by atoms with E-state index in [1.807, 2.05) is 0 Å². The number of benzene rings is 1. The number of carbonyl (C=O) groups is 2. The van der Waals surface area contributed by atoms with Gasteiger partial charge in [-0.1, -0.05) is 6.07 Å². The number of aryl methyl sites for hydroxylation is 1. The van der Waals surface area contributed by atoms with Crippen molar-refractivity contribution >= 4 is 34.8 Å². The molecule has 0 saturated heterocycles. The molecule has 0 aliphatic carbocycles. The number of hydrogen-bond donors (Lipinski definition) is 5. The molecule has 11 heteroatoms. The van der Waals surface area contributed by atoms with Crippen molar-refractivity contribution in [3.8, 4) is 5.75 Å². The van der Waals surface area contributed by atoms with Crippen LogP contribution < -0.4 is 32.0 Å². The van der Waals surface area contributed by atoms with Crippen LogP contribution in [0, 0.1) is 12.7 Å². The zero-order chi connectivity index (χ0) is 23.3. The normalized spacial score (nSPS) is 10.3. The number of anilines is 4. The largest absolute Gasteiger partial charge is 0.494 e. The first kappa shape index (κ1) is 22.4. The van der Waals surface area contributed by atoms with Gasteiger partial charge in [-0.2, -0.15) is 0 Å². The molecule has 0 unspecified atom stereocenters. The van der Waals surface area contributed by atoms with E-state index < -0.39 is 11.7 Å². The summed E-state index contributed by atoms with van der Waals surface area (Å²) in [5.74, 6) is 4.89. The lowest BCUT2D eigenvalue weighted by molar-refractivity contribution is 0.0946. The highest BCUT2D eigenvalue weighted by Gasteiger charge is 2.18. The number of hydrazine groups is 1. The average molecular weight is 439 g/mol. The Balaban J connectivity index is 2.02. The van der Waals surface area contributed by atoms with Gasteiger partial charge in [-0.15, -0.1) is 0 Å². The number of nitrogens with zero attached hydrogens (tertiary/aromatic N) is 2. The third-order valence-corrected chi connectivity index (χ3v) is 4.54. The van der Waals surface area contributed by atoms with Crippen LogP contribution in [0.4, 0.5) is 27.4 Å². The first-order valence-corrected chi connectivity index (χ1v) is 9.44. The van der Waals surface area contributed by atoms with E-state index in [0.29, 0.717) is 28.6 Å². The number of methoxy groups -OCH3 is 1. The highest BCUT2D eigenvalue weighted by atomic mass is 19.1. The van der Waals surface area contributed by atoms with Crippen LogP contribution in [0.3, 0.4) is 0 Å². The molecule has 0 aliphatic heterocycles. The van der Waals surface area contributed by atoms with Gasteiger partial charge in [-0.05, 0) is 30.7 Å². The summed E-state index contributed by atoms with van der Waals surface area (Å²) in [5.41, 5.74) is 3.74. The molecule has 3 aromatic rings. The fourth-order valence-electron chi connectivity index (χ4n) is 2.94. The third kappa shape index (κ3) is 4.73. The van der Waals surface area contributed by atoms with Crippen molar-refractivity contribution in [2.75, 3.05) is 24.8 Å². The molecular weight excluding hydrogens is 417 g/mol. The van der Waals surface area contributed by atoms with Crippen molar-refractivity contribution in [2.45, 2.75) is 6.92 Å². The van der Waals surface area contributed by atoms with E-state index in [1.54, 1.807) is 31.2 Å². The Kier molecular flexibility index (Phi) is 6.80. The molecule has 0 fully saturated rings. The van der Waals surface area contributed by atoms with Gasteiger partial charge in [0.25, 0.3) is 11.8 Å². The molecule has 3 rings (SSSR count). The van der Waals surface area contributed by atoms with Gasteiger partial charge in [0, 0.05) is 19.3 Å². The molecular formula is C21H22FN7O3. The van der Waals surface area contributed by atoms with Crippen LogP contribution in [0.1, 0.15) is 26.3 Å². The molecule has 2 aromatic heterocycles. The Morgan fingerprint density at radius 2 is 1.72 bits per heavy atom. The molecule has 0 spiro atoms. The molecule has 0 atom stereocenters. The Morgan fingerprint density at radius 3 is 2.38 bits per heavy atom. The van der Waals surface area contributed by atoms with E-state index in [4.69, 9.17) is 10.6 Å². The number of nitrogens with two attached hydrogens (primary N) is 1. The Labute approximate surface area is 183 Å². The van der Waals surface area contributed by atoms with Gasteiger partial charge in [-0.25, -0.2) is 20.2 Å². The third-order valence-electron chi connectivity index (χ3n) is 4.54. The number of hydrogen-bond acceptors (Lipinski definition) is 8. The maximum absolute atomic E-state index is 13.5. The first-order valence-electron chi connectivity index (χ1n) is 9.44. The minimum atomic E-state index is -0.535. The summed E-state index contributed by atoms with van der Waals surface area (Å²) in [7, 11) is 2.91. The van der Waals surface area contributed by atoms with E-state index >= 15 is 0 Å². The summed E-state index contributed by atoms with van der Waals surface area (Å²) in [6, 6.07) is 7.99. The number of rotatable bonds is 7. The number of pyridine rings is 2. The second-order valence-corrected chi connectivity index (χ2v) is 6.62. The fourth-order valence-corrected chi connectivity index (χ4v) is 2.94. The van der Waals surface area contributed by atoms with Gasteiger partial charge in [0.2, 0.25) is 0 Å². The van der Waals surface area contributed by atoms with Gasteiger partial charge in [0.05, 0.1) is 35.8 Å². The molecule has 6 N–H and O–H groups in total. The molecule has 166 valence electrons. The van der Waals surface area contributed by atoms with Gasteiger partial charge in [-0.3, -0.25) is 15.0 Å². The summed E-state index contributed by atoms with van der Waals surface area (Å²) < 4.78 is 18.9. The smallest absolute Gasteiger partial charge is 0.269 e. The number of para-hydroxylation sites is 1. The number of aromatic nitrogens is 2. The predicted octanol–water partition coefficient (Wildman–Crippen LogP) is 2.38. The second-order valence-electron chi connectivity index (χ2n) is 6.62. The van der Waals surface area contributed by atoms with Crippen molar-refractivity contribution in [1.29, 1.82) is 0 Å². The van der Waals surface area contributed by atoms with E-state index in [1.165, 1.54) is 26.4 Å². The number of ether oxygens (including phenoxy) is 1. The minimum absolute atomic E-state index is 0.208. The summed E-state index contributed by atoms with van der Waals surface area (Å²) in [5, 5.41) is 8.64. The number of halogens is 1. The van der Waals surface area contributed by atoms with Crippen LogP contribution in [0.15, 0.2) is 42.7 Å². The standard InChI is InChI=1S/C21H22FN7O3/c1-11-7-17(26-10-14(11)22)28-18-8-16(13(9-25-18)20(30)24-2)27-15-6-4-5-12(19(15)32-3)21(31)29-23/h4-10H,23H2,1-3H3,(H,24,30)(H,29,31)(H2,25,26,27,28). The van der Waals surface area contributed by atoms with E-state index in [9.17, 15) is 14.0 Å². The van der Waals surface area contributed by atoms with E-state index in [2.05, 4.69) is 31.3 Å². The van der Waals surface area contributed by atoms with Crippen molar-refractivity contribution < 1.29 is 18.7 Å². The maximum atomic E-state index is 13.5. The molecule has 0 bridgehead atoms. The van der Waals surface area contributed by atoms with Crippen molar-refractivity contribution in [2.24, 2.45) is 5.84 Å². The zero-order valence-electron chi connectivity index (χ0n) is 17.6. The maximum Gasteiger partial charge on any atom is 0.269 e. The van der Waals surface area contributed by atoms with Crippen molar-refractivity contribution in [3.63, 3.8) is 0 Å². The van der Waals surface area contributed by atoms with Crippen LogP contribution in [0.2, 0.25) is 0 Å². The monoisotopic (exact) mass is 439 g/mol. The molecule has 1 aromatic carbocycles. The number of amides is 2. The molecule has 0 saturated carbocycles. The van der Waals surface area contributed by atoms with Crippen LogP contribution >= 0.6 is 0 Å². The SMILES string of the molecule is CNC(=O)c1cnc(Nc2cc(C)c(F)cn2)cc1Nc1cccc(C(=O)NN)c1OC. The van der Waals surface area contributed by atoms with Gasteiger partial charge >= 0.3 is 0 Å². The molecule has 0 aliphatic rings. The molecule has 0 radical (unpaired) electrons. The summed E-state index contributed by atoms with van der Waals surface area (Å²) in [4.78, 5) is 32.7. The van der Waals surface area contributed by atoms with Crippen molar-refractivity contribution in [3.05, 3.63) is 65.2 Å². The second kappa shape index (κ2) is 9.71. The number of carbonyl (C=O) groups excluding carboxylic acids is 2. The Bertz CT molecular complexity index is 1170. The summed E-state index contributed by atoms with van der Waals surface area (Å²) in [6.45, 7) is 1.62. The zero-order valence-corrected chi connectivity index (χ0v) is 17.6. The first-order chi connectivity index (χ1) is 15.4. The lowest BCUT2D eigenvalue weighted by atomic mass is 10.1. The highest BCUT2D eigenvalue weighted by molar-refractivity contribution is 6.02. The minimum Gasteiger partial charge on any atom is -0.494 e. The van der Waals surface area contributed by atoms with Crippen LogP contribution in [0.5, 0.6) is 5.75 Å². The fraction of sp³-hybridized carbons (Fsp3) is 0.143. The summed E-state index contributed by atoms with van der Waals surface area (Å²) in [6.07, 6.45) is 2.48. The van der Waals surface area contributed by atoms with Crippen LogP contribution in [-0.2, 0) is 0 Å². The van der Waals surface area contributed by atoms with Gasteiger partial charge in [0.15, 0.2) is 5.75 Å². The molecule has 2 amide bonds. The summed E-state index contributed by atoms with van der Waals surface area (Å²) >= 11 is 0. The van der Waals surface area contributed by atoms with Gasteiger partial charge in [0.1, 0.15) is 17.5 Å². The predicted molar refractivity (Wildman–Crippen MR) is 118 cm³/mol. The van der Waals surface area contributed by atoms with Crippen LogP contribution in [-0.4, -0.2) is 35.9 Å². The number of nitrogens with one attached hydrogen (secondary N) is 4. The molecule has 10 nitrogen and oxygen atoms in total. The lowest BCUT2D eigenvalue weighted by Crippen LogP contribution is -2.30. The highest BCUT2D eigenvalue weighted by Crippen LogP contribution is 2.33. The van der Waals surface area contributed by atoms with E-state index in [-0.39, 0.29) is 22.8 Å². The molecule has 32 heavy (non-hydrogen) atoms. The van der Waals surface area contributed by atoms with Gasteiger partial charge < -0.3 is 20.7 Å². The quantitative estimate of drug-likeness (QED) is 0.214. The lowest BCUT2D eigenvalue weighted by Gasteiger charge is -2.17.